The topological polar surface area (TPSA) is 77.5 Å². The van der Waals surface area contributed by atoms with Gasteiger partial charge >= 0.3 is 6.03 Å². The molecule has 0 unspecified atom stereocenters. The summed E-state index contributed by atoms with van der Waals surface area (Å²) in [4.78, 5) is 20.4. The summed E-state index contributed by atoms with van der Waals surface area (Å²) in [6.07, 6.45) is 0. The average molecular weight is 114 g/mol. The van der Waals surface area contributed by atoms with Gasteiger partial charge in [-0.25, -0.2) is 10.6 Å². The van der Waals surface area contributed by atoms with E-state index in [0.717, 1.165) is 5.01 Å². The first kappa shape index (κ1) is 5.04. The van der Waals surface area contributed by atoms with Crippen LogP contribution in [0.2, 0.25) is 0 Å². The highest BCUT2D eigenvalue weighted by atomic mass is 16.2. The smallest absolute Gasteiger partial charge is 0.270 e. The second kappa shape index (κ2) is 1.45. The molecule has 1 heterocycles. The summed E-state index contributed by atoms with van der Waals surface area (Å²) < 4.78 is 0. The molecule has 0 aromatic rings. The number of nitrogens with zero attached hydrogens (tertiary/aromatic N) is 2. The quantitative estimate of drug-likeness (QED) is 0.234. The largest absolute Gasteiger partial charge is 0.361 e. The van der Waals surface area contributed by atoms with Crippen molar-refractivity contribution in [2.24, 2.45) is 5.84 Å². The van der Waals surface area contributed by atoms with Crippen LogP contribution in [0.1, 0.15) is 0 Å². The van der Waals surface area contributed by atoms with Crippen molar-refractivity contribution in [3.63, 3.8) is 0 Å². The van der Waals surface area contributed by atoms with Crippen LogP contribution >= 0.6 is 0 Å². The zero-order chi connectivity index (χ0) is 6.15. The van der Waals surface area contributed by atoms with Gasteiger partial charge < -0.3 is 0 Å². The number of amides is 3. The van der Waals surface area contributed by atoms with Gasteiger partial charge in [-0.15, -0.1) is 0 Å². The monoisotopic (exact) mass is 114 g/mol. The van der Waals surface area contributed by atoms with Crippen LogP contribution in [0.25, 0.3) is 0 Å². The van der Waals surface area contributed by atoms with Crippen LogP contribution < -0.4 is 11.2 Å². The Morgan fingerprint density at radius 3 is 2.38 bits per heavy atom. The number of rotatable bonds is 0. The van der Waals surface area contributed by atoms with E-state index in [1.165, 1.54) is 0 Å². The van der Waals surface area contributed by atoms with Crippen LogP contribution in [0.5, 0.6) is 0 Å². The lowest BCUT2D eigenvalue weighted by Gasteiger charge is -1.98. The van der Waals surface area contributed by atoms with Crippen LogP contribution in [-0.2, 0) is 4.79 Å². The summed E-state index contributed by atoms with van der Waals surface area (Å²) in [7, 11) is 0. The number of carbonyl (C=O) groups excluding carboxylic acids is 2. The highest BCUT2D eigenvalue weighted by Gasteiger charge is 2.25. The van der Waals surface area contributed by atoms with Gasteiger partial charge in [-0.1, -0.05) is 0 Å². The highest BCUT2D eigenvalue weighted by molar-refractivity contribution is 6.01. The van der Waals surface area contributed by atoms with Crippen LogP contribution in [0.15, 0.2) is 0 Å². The van der Waals surface area contributed by atoms with Crippen molar-refractivity contribution < 1.29 is 9.59 Å². The number of carbonyl (C=O) groups is 2. The van der Waals surface area contributed by atoms with Crippen molar-refractivity contribution in [2.75, 3.05) is 6.54 Å². The van der Waals surface area contributed by atoms with Gasteiger partial charge in [0.2, 0.25) is 0 Å². The maximum Gasteiger partial charge on any atom is 0.361 e. The summed E-state index contributed by atoms with van der Waals surface area (Å²) in [5.41, 5.74) is 0. The molecule has 0 aliphatic carbocycles. The summed E-state index contributed by atoms with van der Waals surface area (Å²) in [5.74, 6) is 4.46. The van der Waals surface area contributed by atoms with Crippen molar-refractivity contribution in [1.29, 1.82) is 0 Å². The zero-order valence-electron chi connectivity index (χ0n) is 4.00. The maximum absolute atomic E-state index is 10.2. The number of hydrogen-bond acceptors (Lipinski definition) is 3. The molecule has 2 N–H and O–H groups in total. The van der Waals surface area contributed by atoms with E-state index in [0.29, 0.717) is 0 Å². The Kier molecular flexibility index (Phi) is 0.911. The SMILES string of the molecule is NN1CC(=O)[N]C1=O. The Bertz CT molecular complexity index is 143. The molecular formula is C3H4N3O2. The molecule has 1 radical (unpaired) electrons. The van der Waals surface area contributed by atoms with Crippen molar-refractivity contribution in [2.45, 2.75) is 0 Å². The molecular weight excluding hydrogens is 110 g/mol. The van der Waals surface area contributed by atoms with Gasteiger partial charge in [0.1, 0.15) is 6.54 Å². The molecule has 0 aromatic carbocycles. The number of nitrogens with two attached hydrogens (primary N) is 1. The van der Waals surface area contributed by atoms with E-state index in [-0.39, 0.29) is 6.54 Å². The third-order valence-corrected chi connectivity index (χ3v) is 0.772. The molecule has 0 aromatic heterocycles. The fraction of sp³-hybridized carbons (Fsp3) is 0.333. The molecule has 0 atom stereocenters. The molecule has 0 saturated carbocycles. The van der Waals surface area contributed by atoms with E-state index in [1.54, 1.807) is 0 Å². The maximum atomic E-state index is 10.2. The molecule has 1 fully saturated rings. The van der Waals surface area contributed by atoms with Gasteiger partial charge in [0.15, 0.2) is 0 Å². The van der Waals surface area contributed by atoms with Crippen molar-refractivity contribution in [1.82, 2.24) is 10.3 Å². The lowest BCUT2D eigenvalue weighted by atomic mass is 10.7. The minimum absolute atomic E-state index is 0.0845. The molecule has 1 saturated heterocycles. The van der Waals surface area contributed by atoms with Crippen LogP contribution in [0.3, 0.4) is 0 Å². The fourth-order valence-electron chi connectivity index (χ4n) is 0.420. The Morgan fingerprint density at radius 1 is 1.62 bits per heavy atom. The molecule has 1 rings (SSSR count). The second-order valence-electron chi connectivity index (χ2n) is 1.42. The Hall–Kier alpha value is -1.10. The van der Waals surface area contributed by atoms with Crippen molar-refractivity contribution >= 4 is 11.9 Å². The number of hydrogen-bond donors (Lipinski definition) is 1. The van der Waals surface area contributed by atoms with E-state index < -0.39 is 11.9 Å². The standard InChI is InChI=1S/C3H4N3O2/c4-6-1-2(7)5-3(6)8/h1,4H2. The fourth-order valence-corrected chi connectivity index (χ4v) is 0.420. The summed E-state index contributed by atoms with van der Waals surface area (Å²) in [5, 5.41) is 3.76. The first-order valence-corrected chi connectivity index (χ1v) is 2.01. The Morgan fingerprint density at radius 2 is 2.25 bits per heavy atom. The molecule has 0 spiro atoms. The summed E-state index contributed by atoms with van der Waals surface area (Å²) in [6, 6.07) is -0.657. The first-order valence-electron chi connectivity index (χ1n) is 2.01. The van der Waals surface area contributed by atoms with E-state index in [2.05, 4.69) is 5.32 Å². The minimum atomic E-state index is -0.657. The lowest BCUT2D eigenvalue weighted by Crippen LogP contribution is -2.32. The summed E-state index contributed by atoms with van der Waals surface area (Å²) >= 11 is 0. The molecule has 3 amide bonds. The van der Waals surface area contributed by atoms with Crippen LogP contribution in [0.4, 0.5) is 4.79 Å². The summed E-state index contributed by atoms with van der Waals surface area (Å²) in [6.45, 7) is -0.0845. The van der Waals surface area contributed by atoms with Gasteiger partial charge in [0.05, 0.1) is 0 Å². The Labute approximate surface area is 45.4 Å². The Balaban J connectivity index is 2.64. The van der Waals surface area contributed by atoms with Crippen molar-refractivity contribution in [3.8, 4) is 0 Å². The highest BCUT2D eigenvalue weighted by Crippen LogP contribution is 1.90. The molecule has 43 valence electrons. The average Bonchev–Trinajstić information content (AvgIpc) is 1.85. The lowest BCUT2D eigenvalue weighted by molar-refractivity contribution is -0.118. The molecule has 0 bridgehead atoms. The van der Waals surface area contributed by atoms with E-state index in [1.807, 2.05) is 0 Å². The second-order valence-corrected chi connectivity index (χ2v) is 1.42. The first-order chi connectivity index (χ1) is 3.70. The van der Waals surface area contributed by atoms with Crippen molar-refractivity contribution in [3.05, 3.63) is 0 Å². The van der Waals surface area contributed by atoms with E-state index in [4.69, 9.17) is 5.84 Å². The van der Waals surface area contributed by atoms with E-state index in [9.17, 15) is 9.59 Å². The molecule has 5 heteroatoms. The molecule has 5 nitrogen and oxygen atoms in total. The zero-order valence-corrected chi connectivity index (χ0v) is 4.00. The van der Waals surface area contributed by atoms with Crippen LogP contribution in [-0.4, -0.2) is 23.5 Å². The third kappa shape index (κ3) is 0.627. The predicted octanol–water partition coefficient (Wildman–Crippen LogP) is -1.57. The van der Waals surface area contributed by atoms with Gasteiger partial charge in [0.25, 0.3) is 5.91 Å². The number of urea groups is 1. The van der Waals surface area contributed by atoms with Gasteiger partial charge in [-0.2, -0.15) is 5.32 Å². The predicted molar refractivity (Wildman–Crippen MR) is 23.4 cm³/mol. The van der Waals surface area contributed by atoms with Gasteiger partial charge in [0, 0.05) is 0 Å². The third-order valence-electron chi connectivity index (χ3n) is 0.772. The molecule has 8 heavy (non-hydrogen) atoms. The van der Waals surface area contributed by atoms with Crippen LogP contribution in [0, 0.1) is 0 Å². The number of imide groups is 1. The number of hydrazine groups is 1. The molecule has 1 aliphatic rings. The molecule has 1 aliphatic heterocycles. The van der Waals surface area contributed by atoms with Gasteiger partial charge in [-0.05, 0) is 0 Å². The van der Waals surface area contributed by atoms with E-state index >= 15 is 0 Å². The minimum Gasteiger partial charge on any atom is -0.270 e. The normalized spacial score (nSPS) is 19.4. The van der Waals surface area contributed by atoms with Gasteiger partial charge in [-0.3, -0.25) is 9.80 Å².